The molecular formula is C38H43BN6O6S. The fourth-order valence-electron chi connectivity index (χ4n) is 6.51. The number of H-pyrrole nitrogens is 1. The van der Waals surface area contributed by atoms with Crippen LogP contribution in [0.2, 0.25) is 0 Å². The maximum atomic E-state index is 14.3. The zero-order chi connectivity index (χ0) is 36.8. The zero-order valence-corrected chi connectivity index (χ0v) is 31.2. The summed E-state index contributed by atoms with van der Waals surface area (Å²) < 4.78 is 24.0. The van der Waals surface area contributed by atoms with Crippen molar-refractivity contribution in [3.8, 4) is 27.7 Å². The molecule has 2 saturated heterocycles. The Morgan fingerprint density at radius 3 is 2.31 bits per heavy atom. The Morgan fingerprint density at radius 1 is 0.981 bits per heavy atom. The summed E-state index contributed by atoms with van der Waals surface area (Å²) in [5.74, 6) is 0.533. The zero-order valence-electron chi connectivity index (χ0n) is 30.4. The average molecular weight is 723 g/mol. The minimum Gasteiger partial charge on any atom is -0.471 e. The molecule has 0 aliphatic carbocycles. The molecule has 12 nitrogen and oxygen atoms in total. The largest absolute Gasteiger partial charge is 0.494 e. The van der Waals surface area contributed by atoms with Crippen LogP contribution in [0, 0.1) is 5.92 Å². The molecule has 0 spiro atoms. The van der Waals surface area contributed by atoms with Gasteiger partial charge in [0, 0.05) is 18.2 Å². The maximum absolute atomic E-state index is 14.3. The molecule has 5 heterocycles. The number of carbonyl (C=O) groups excluding carboxylic acids is 2. The number of aromatic nitrogens is 4. The summed E-state index contributed by atoms with van der Waals surface area (Å²) in [6.07, 6.45) is 1.15. The molecule has 5 aromatic rings. The van der Waals surface area contributed by atoms with E-state index >= 15 is 0 Å². The van der Waals surface area contributed by atoms with Crippen LogP contribution in [0.4, 0.5) is 4.79 Å². The summed E-state index contributed by atoms with van der Waals surface area (Å²) in [5, 5.41) is 4.72. The van der Waals surface area contributed by atoms with Crippen LogP contribution in [0.5, 0.6) is 5.88 Å². The Bertz CT molecular complexity index is 2050. The lowest BCUT2D eigenvalue weighted by atomic mass is 9.79. The SMILES string of the molecule is COC(=O)N[C@H](C(=O)N1C[C@@H](Oc2nc3ccccc3nc2-c2cccs2)C[C@H]1c1nc(-c2ccc(B3OC(C)(C)C(C)(C)O3)cc2)c[nH]1)C(C)C. The molecule has 270 valence electrons. The molecule has 2 N–H and O–H groups in total. The minimum atomic E-state index is -0.826. The van der Waals surface area contributed by atoms with Crippen molar-refractivity contribution in [1.82, 2.24) is 30.2 Å². The molecule has 52 heavy (non-hydrogen) atoms. The number of carbonyl (C=O) groups is 2. The highest BCUT2D eigenvalue weighted by Crippen LogP contribution is 2.39. The monoisotopic (exact) mass is 722 g/mol. The lowest BCUT2D eigenvalue weighted by molar-refractivity contribution is -0.135. The van der Waals surface area contributed by atoms with Gasteiger partial charge in [0.15, 0.2) is 0 Å². The van der Waals surface area contributed by atoms with E-state index in [0.717, 1.165) is 27.1 Å². The van der Waals surface area contributed by atoms with Crippen LogP contribution in [0.3, 0.4) is 0 Å². The van der Waals surface area contributed by atoms with Crippen LogP contribution < -0.4 is 15.5 Å². The van der Waals surface area contributed by atoms with Gasteiger partial charge in [-0.15, -0.1) is 11.3 Å². The van der Waals surface area contributed by atoms with E-state index in [1.165, 1.54) is 7.11 Å². The third-order valence-electron chi connectivity index (χ3n) is 10.2. The molecular weight excluding hydrogens is 679 g/mol. The second kappa shape index (κ2) is 14.0. The molecule has 2 fully saturated rings. The third kappa shape index (κ3) is 6.90. The van der Waals surface area contributed by atoms with E-state index in [1.807, 2.05) is 114 Å². The Kier molecular flexibility index (Phi) is 9.57. The molecule has 0 saturated carbocycles. The lowest BCUT2D eigenvalue weighted by Gasteiger charge is -2.32. The highest BCUT2D eigenvalue weighted by molar-refractivity contribution is 7.13. The number of rotatable bonds is 9. The van der Waals surface area contributed by atoms with Crippen molar-refractivity contribution >= 4 is 47.0 Å². The van der Waals surface area contributed by atoms with E-state index < -0.39 is 42.6 Å². The van der Waals surface area contributed by atoms with Crippen LogP contribution in [-0.2, 0) is 18.8 Å². The summed E-state index contributed by atoms with van der Waals surface area (Å²) in [7, 11) is 0.811. The minimum absolute atomic E-state index is 0.210. The van der Waals surface area contributed by atoms with Gasteiger partial charge >= 0.3 is 13.2 Å². The maximum Gasteiger partial charge on any atom is 0.494 e. The van der Waals surface area contributed by atoms with E-state index in [4.69, 9.17) is 33.7 Å². The number of methoxy groups -OCH3 is 1. The number of ether oxygens (including phenoxy) is 2. The van der Waals surface area contributed by atoms with Gasteiger partial charge in [-0.25, -0.2) is 19.7 Å². The van der Waals surface area contributed by atoms with Crippen LogP contribution in [0.1, 0.15) is 59.8 Å². The summed E-state index contributed by atoms with van der Waals surface area (Å²) in [4.78, 5) is 47.4. The highest BCUT2D eigenvalue weighted by Gasteiger charge is 2.51. The molecule has 7 rings (SSSR count). The Morgan fingerprint density at radius 2 is 1.67 bits per heavy atom. The van der Waals surface area contributed by atoms with Crippen LogP contribution in [0.15, 0.2) is 72.2 Å². The van der Waals surface area contributed by atoms with Gasteiger partial charge in [-0.1, -0.05) is 56.3 Å². The number of para-hydroxylation sites is 2. The molecule has 14 heteroatoms. The van der Waals surface area contributed by atoms with Gasteiger partial charge in [0.1, 0.15) is 23.7 Å². The summed E-state index contributed by atoms with van der Waals surface area (Å²) in [6.45, 7) is 12.1. The summed E-state index contributed by atoms with van der Waals surface area (Å²) in [6, 6.07) is 18.3. The van der Waals surface area contributed by atoms with Crippen molar-refractivity contribution in [3.05, 3.63) is 78.1 Å². The second-order valence-corrected chi connectivity index (χ2v) is 15.5. The fraction of sp³-hybridized carbons (Fsp3) is 0.395. The molecule has 2 aliphatic heterocycles. The van der Waals surface area contributed by atoms with Gasteiger partial charge in [-0.3, -0.25) is 4.79 Å². The first-order valence-electron chi connectivity index (χ1n) is 17.5. The van der Waals surface area contributed by atoms with Crippen LogP contribution in [-0.4, -0.2) is 81.0 Å². The Balaban J connectivity index is 1.18. The Hall–Kier alpha value is -4.79. The number of alkyl carbamates (subject to hydrolysis) is 1. The van der Waals surface area contributed by atoms with Gasteiger partial charge in [0.05, 0.1) is 52.5 Å². The number of amides is 2. The average Bonchev–Trinajstić information content (AvgIpc) is 3.93. The van der Waals surface area contributed by atoms with E-state index in [1.54, 1.807) is 16.2 Å². The standard InChI is InChI=1S/C38H43BN6O6S/c1-22(2)31(44-36(47)48-7)35(46)45-21-25(49-34-32(30-13-10-18-52-30)41-26-11-8-9-12-27(26)43-34)19-29(45)33-40-20-28(42-33)23-14-16-24(17-15-23)39-50-37(3,4)38(5,6)51-39/h8-18,20,22,25,29,31H,19,21H2,1-7H3,(H,40,42)(H,44,47)/t25-,29-,31-/m0/s1. The van der Waals surface area contributed by atoms with Crippen molar-refractivity contribution in [2.75, 3.05) is 13.7 Å². The number of imidazole rings is 1. The first kappa shape index (κ1) is 35.6. The number of likely N-dealkylation sites (tertiary alicyclic amines) is 1. The molecule has 0 unspecified atom stereocenters. The van der Waals surface area contributed by atoms with Crippen molar-refractivity contribution in [2.45, 2.75) is 77.4 Å². The quantitative estimate of drug-likeness (QED) is 0.172. The first-order chi connectivity index (χ1) is 24.8. The number of hydrogen-bond donors (Lipinski definition) is 2. The number of aromatic amines is 1. The van der Waals surface area contributed by atoms with Crippen molar-refractivity contribution in [2.24, 2.45) is 5.92 Å². The molecule has 2 amide bonds. The number of benzene rings is 2. The Labute approximate surface area is 307 Å². The molecule has 2 aromatic carbocycles. The normalized spacial score (nSPS) is 20.0. The van der Waals surface area contributed by atoms with Gasteiger partial charge in [-0.2, -0.15) is 0 Å². The number of nitrogens with one attached hydrogen (secondary N) is 2. The van der Waals surface area contributed by atoms with Gasteiger partial charge < -0.3 is 34.0 Å². The molecule has 0 bridgehead atoms. The van der Waals surface area contributed by atoms with E-state index in [-0.39, 0.29) is 18.4 Å². The van der Waals surface area contributed by atoms with Crippen molar-refractivity contribution < 1.29 is 28.4 Å². The van der Waals surface area contributed by atoms with Crippen molar-refractivity contribution in [1.29, 1.82) is 0 Å². The fourth-order valence-corrected chi connectivity index (χ4v) is 7.21. The number of nitrogens with zero attached hydrogens (tertiary/aromatic N) is 4. The number of hydrogen-bond acceptors (Lipinski definition) is 10. The number of thiophene rings is 1. The van der Waals surface area contributed by atoms with Crippen LogP contribution in [0.25, 0.3) is 32.9 Å². The predicted octanol–water partition coefficient (Wildman–Crippen LogP) is 6.15. The molecule has 2 aliphatic rings. The van der Waals surface area contributed by atoms with Crippen molar-refractivity contribution in [3.63, 3.8) is 0 Å². The molecule has 3 atom stereocenters. The molecule has 0 radical (unpaired) electrons. The third-order valence-corrected chi connectivity index (χ3v) is 11.0. The summed E-state index contributed by atoms with van der Waals surface area (Å²) >= 11 is 1.55. The predicted molar refractivity (Wildman–Crippen MR) is 200 cm³/mol. The van der Waals surface area contributed by atoms with Crippen LogP contribution >= 0.6 is 11.3 Å². The number of fused-ring (bicyclic) bond motifs is 1. The highest BCUT2D eigenvalue weighted by atomic mass is 32.1. The topological polar surface area (TPSA) is 141 Å². The first-order valence-corrected chi connectivity index (χ1v) is 18.3. The smallest absolute Gasteiger partial charge is 0.471 e. The second-order valence-electron chi connectivity index (χ2n) is 14.6. The van der Waals surface area contributed by atoms with Gasteiger partial charge in [0.2, 0.25) is 11.8 Å². The van der Waals surface area contributed by atoms with E-state index in [0.29, 0.717) is 29.3 Å². The molecule has 3 aromatic heterocycles. The van der Waals surface area contributed by atoms with E-state index in [2.05, 4.69) is 10.3 Å². The lowest BCUT2D eigenvalue weighted by Crippen LogP contribution is -2.51. The van der Waals surface area contributed by atoms with Gasteiger partial charge in [-0.05, 0) is 62.7 Å². The van der Waals surface area contributed by atoms with Gasteiger partial charge in [0.25, 0.3) is 0 Å². The summed E-state index contributed by atoms with van der Waals surface area (Å²) in [5.41, 5.74) is 3.78. The van der Waals surface area contributed by atoms with E-state index in [9.17, 15) is 9.59 Å².